The zero-order valence-corrected chi connectivity index (χ0v) is 22.3. The minimum Gasteiger partial charge on any atom is -0.455 e. The smallest absolute Gasteiger partial charge is 0.143 e. The van der Waals surface area contributed by atoms with Crippen molar-refractivity contribution in [2.75, 3.05) is 0 Å². The van der Waals surface area contributed by atoms with Crippen LogP contribution in [0.25, 0.3) is 71.7 Å². The van der Waals surface area contributed by atoms with E-state index in [2.05, 4.69) is 120 Å². The molecule has 2 aromatic heterocycles. The molecule has 0 atom stereocenters. The number of nitrogens with zero attached hydrogens (tertiary/aromatic N) is 1. The standard InChI is InChI=1S/C38H25NO2/c1-4-13-35-30(8-1)31-9-2-5-14-36(31)39(35)27-18-16-25-22-40-23-26-20-24(17-19-28(26)34(25)21-27)29-11-7-12-33-32-10-3-6-15-37(32)41-38(29)33/h1-21H,22-23H2. The molecule has 0 amide bonds. The lowest BCUT2D eigenvalue weighted by Crippen LogP contribution is -1.97. The SMILES string of the molecule is c1ccc2c(c1)oc1c(-c3ccc4c(c3)COCc3ccc(-n5c6ccccc6c6ccccc65)cc3-4)cccc12. The molecular weight excluding hydrogens is 502 g/mol. The molecule has 0 N–H and O–H groups in total. The Labute approximate surface area is 236 Å². The van der Waals surface area contributed by atoms with E-state index in [0.29, 0.717) is 13.2 Å². The highest BCUT2D eigenvalue weighted by atomic mass is 16.5. The van der Waals surface area contributed by atoms with Gasteiger partial charge in [-0.05, 0) is 64.2 Å². The summed E-state index contributed by atoms with van der Waals surface area (Å²) in [5.74, 6) is 0. The summed E-state index contributed by atoms with van der Waals surface area (Å²) >= 11 is 0. The summed E-state index contributed by atoms with van der Waals surface area (Å²) in [6, 6.07) is 45.5. The van der Waals surface area contributed by atoms with Crippen molar-refractivity contribution in [2.24, 2.45) is 0 Å². The molecule has 3 heterocycles. The van der Waals surface area contributed by atoms with Gasteiger partial charge in [-0.3, -0.25) is 0 Å². The average molecular weight is 528 g/mol. The Morgan fingerprint density at radius 2 is 1.20 bits per heavy atom. The first-order valence-electron chi connectivity index (χ1n) is 14.1. The fraction of sp³-hybridized carbons (Fsp3) is 0.0526. The molecule has 3 nitrogen and oxygen atoms in total. The third-order valence-corrected chi connectivity index (χ3v) is 8.56. The molecule has 6 aromatic carbocycles. The second kappa shape index (κ2) is 8.69. The minimum atomic E-state index is 0.568. The summed E-state index contributed by atoms with van der Waals surface area (Å²) in [5, 5.41) is 4.83. The molecule has 0 bridgehead atoms. The monoisotopic (exact) mass is 527 g/mol. The molecule has 0 unspecified atom stereocenters. The molecule has 1 aliphatic heterocycles. The van der Waals surface area contributed by atoms with E-state index in [4.69, 9.17) is 9.15 Å². The maximum Gasteiger partial charge on any atom is 0.143 e. The highest BCUT2D eigenvalue weighted by Gasteiger charge is 2.20. The van der Waals surface area contributed by atoms with Gasteiger partial charge in [0.15, 0.2) is 0 Å². The highest BCUT2D eigenvalue weighted by Crippen LogP contribution is 2.40. The van der Waals surface area contributed by atoms with E-state index in [1.807, 2.05) is 12.1 Å². The van der Waals surface area contributed by atoms with Crippen molar-refractivity contribution < 1.29 is 9.15 Å². The first kappa shape index (κ1) is 22.7. The number of ether oxygens (including phenoxy) is 1. The van der Waals surface area contributed by atoms with Crippen LogP contribution in [0, 0.1) is 0 Å². The predicted molar refractivity (Wildman–Crippen MR) is 167 cm³/mol. The molecule has 0 saturated carbocycles. The Morgan fingerprint density at radius 1 is 0.488 bits per heavy atom. The van der Waals surface area contributed by atoms with Crippen LogP contribution in [0.15, 0.2) is 132 Å². The second-order valence-electron chi connectivity index (χ2n) is 10.9. The molecule has 0 spiro atoms. The summed E-state index contributed by atoms with van der Waals surface area (Å²) in [4.78, 5) is 0. The Bertz CT molecular complexity index is 2250. The number of furan rings is 1. The number of hydrogen-bond donors (Lipinski definition) is 0. The highest BCUT2D eigenvalue weighted by molar-refractivity contribution is 6.10. The quantitative estimate of drug-likeness (QED) is 0.224. The normalized spacial score (nSPS) is 13.1. The molecule has 8 aromatic rings. The van der Waals surface area contributed by atoms with Crippen LogP contribution in [0.2, 0.25) is 0 Å². The van der Waals surface area contributed by atoms with E-state index in [1.165, 1.54) is 44.1 Å². The van der Waals surface area contributed by atoms with Crippen LogP contribution in [-0.4, -0.2) is 4.57 Å². The first-order chi connectivity index (χ1) is 20.3. The first-order valence-corrected chi connectivity index (χ1v) is 14.1. The maximum atomic E-state index is 6.36. The molecule has 1 aliphatic rings. The molecule has 0 radical (unpaired) electrons. The van der Waals surface area contributed by atoms with Gasteiger partial charge in [0.2, 0.25) is 0 Å². The van der Waals surface area contributed by atoms with E-state index >= 15 is 0 Å². The number of aromatic nitrogens is 1. The lowest BCUT2D eigenvalue weighted by atomic mass is 9.92. The second-order valence-corrected chi connectivity index (χ2v) is 10.9. The molecule has 0 saturated heterocycles. The lowest BCUT2D eigenvalue weighted by Gasteiger charge is -2.14. The fourth-order valence-corrected chi connectivity index (χ4v) is 6.67. The topological polar surface area (TPSA) is 27.3 Å². The number of hydrogen-bond acceptors (Lipinski definition) is 2. The third-order valence-electron chi connectivity index (χ3n) is 8.56. The number of rotatable bonds is 2. The van der Waals surface area contributed by atoms with Gasteiger partial charge in [-0.15, -0.1) is 0 Å². The molecule has 9 rings (SSSR count). The maximum absolute atomic E-state index is 6.36. The molecule has 41 heavy (non-hydrogen) atoms. The van der Waals surface area contributed by atoms with Crippen LogP contribution < -0.4 is 0 Å². The Balaban J connectivity index is 1.22. The van der Waals surface area contributed by atoms with Crippen LogP contribution in [-0.2, 0) is 18.0 Å². The van der Waals surface area contributed by atoms with Crippen LogP contribution in [0.1, 0.15) is 11.1 Å². The van der Waals surface area contributed by atoms with Crippen molar-refractivity contribution >= 4 is 43.7 Å². The van der Waals surface area contributed by atoms with Crippen molar-refractivity contribution in [1.82, 2.24) is 4.57 Å². The van der Waals surface area contributed by atoms with Crippen molar-refractivity contribution in [3.8, 4) is 27.9 Å². The summed E-state index contributed by atoms with van der Waals surface area (Å²) in [5.41, 5.74) is 12.5. The van der Waals surface area contributed by atoms with Gasteiger partial charge >= 0.3 is 0 Å². The Morgan fingerprint density at radius 3 is 2.02 bits per heavy atom. The summed E-state index contributed by atoms with van der Waals surface area (Å²) in [6.07, 6.45) is 0. The van der Waals surface area contributed by atoms with Gasteiger partial charge in [-0.25, -0.2) is 0 Å². The zero-order valence-electron chi connectivity index (χ0n) is 22.3. The Hall–Kier alpha value is -5.12. The van der Waals surface area contributed by atoms with Gasteiger partial charge in [0.1, 0.15) is 11.2 Å². The van der Waals surface area contributed by atoms with Gasteiger partial charge in [-0.1, -0.05) is 91.0 Å². The van der Waals surface area contributed by atoms with Crippen molar-refractivity contribution in [3.63, 3.8) is 0 Å². The minimum absolute atomic E-state index is 0.568. The fourth-order valence-electron chi connectivity index (χ4n) is 6.67. The predicted octanol–water partition coefficient (Wildman–Crippen LogP) is 10.0. The summed E-state index contributed by atoms with van der Waals surface area (Å²) < 4.78 is 15.0. The Kier molecular flexibility index (Phi) is 4.80. The van der Waals surface area contributed by atoms with Crippen LogP contribution in [0.4, 0.5) is 0 Å². The van der Waals surface area contributed by atoms with Gasteiger partial charge in [0, 0.05) is 32.8 Å². The zero-order chi connectivity index (χ0) is 26.9. The van der Waals surface area contributed by atoms with Crippen molar-refractivity contribution in [3.05, 3.63) is 139 Å². The van der Waals surface area contributed by atoms with E-state index in [9.17, 15) is 0 Å². The van der Waals surface area contributed by atoms with Gasteiger partial charge in [-0.2, -0.15) is 0 Å². The average Bonchev–Trinajstić information content (AvgIpc) is 3.51. The molecule has 194 valence electrons. The third kappa shape index (κ3) is 3.36. The van der Waals surface area contributed by atoms with Crippen molar-refractivity contribution in [1.29, 1.82) is 0 Å². The van der Waals surface area contributed by atoms with E-state index in [-0.39, 0.29) is 0 Å². The number of benzene rings is 6. The van der Waals surface area contributed by atoms with E-state index in [1.54, 1.807) is 0 Å². The molecular formula is C38H25NO2. The van der Waals surface area contributed by atoms with E-state index in [0.717, 1.165) is 38.8 Å². The molecule has 0 aliphatic carbocycles. The van der Waals surface area contributed by atoms with Crippen LogP contribution in [0.5, 0.6) is 0 Å². The van der Waals surface area contributed by atoms with Crippen molar-refractivity contribution in [2.45, 2.75) is 13.2 Å². The van der Waals surface area contributed by atoms with E-state index < -0.39 is 0 Å². The lowest BCUT2D eigenvalue weighted by molar-refractivity contribution is 0.110. The largest absolute Gasteiger partial charge is 0.455 e. The van der Waals surface area contributed by atoms with Gasteiger partial charge in [0.25, 0.3) is 0 Å². The summed E-state index contributed by atoms with van der Waals surface area (Å²) in [6.45, 7) is 1.16. The van der Waals surface area contributed by atoms with Crippen LogP contribution in [0.3, 0.4) is 0 Å². The molecule has 0 fully saturated rings. The van der Waals surface area contributed by atoms with Crippen LogP contribution >= 0.6 is 0 Å². The number of fused-ring (bicyclic) bond motifs is 9. The van der Waals surface area contributed by atoms with Gasteiger partial charge < -0.3 is 13.7 Å². The number of para-hydroxylation sites is 4. The summed E-state index contributed by atoms with van der Waals surface area (Å²) in [7, 11) is 0. The van der Waals surface area contributed by atoms with Gasteiger partial charge in [0.05, 0.1) is 24.2 Å². The molecule has 3 heteroatoms.